The van der Waals surface area contributed by atoms with E-state index in [4.69, 9.17) is 44.6 Å². The monoisotopic (exact) mass is 434 g/mol. The Hall–Kier alpha value is -1.72. The molecule has 0 aliphatic carbocycles. The Morgan fingerprint density at radius 2 is 1.93 bits per heavy atom. The average molecular weight is 436 g/mol. The van der Waals surface area contributed by atoms with Crippen LogP contribution >= 0.6 is 46.1 Å². The fraction of sp³-hybridized carbons (Fsp3) is 0.150. The molecule has 2 aromatic carbocycles. The number of fused-ring (bicyclic) bond motifs is 3. The highest BCUT2D eigenvalue weighted by atomic mass is 35.5. The van der Waals surface area contributed by atoms with Gasteiger partial charge in [0.25, 0.3) is 0 Å². The van der Waals surface area contributed by atoms with E-state index < -0.39 is 6.23 Å². The number of benzene rings is 2. The molecule has 0 N–H and O–H groups in total. The van der Waals surface area contributed by atoms with E-state index in [1.165, 1.54) is 0 Å². The van der Waals surface area contributed by atoms with Gasteiger partial charge < -0.3 is 4.74 Å². The first-order chi connectivity index (χ1) is 13.1. The lowest BCUT2D eigenvalue weighted by atomic mass is 9.97. The molecule has 0 saturated heterocycles. The molecule has 0 bridgehead atoms. The number of ether oxygens (including phenoxy) is 1. The summed E-state index contributed by atoms with van der Waals surface area (Å²) >= 11 is 20.6. The van der Waals surface area contributed by atoms with Crippen LogP contribution in [0.2, 0.25) is 15.1 Å². The van der Waals surface area contributed by atoms with Crippen LogP contribution in [0.15, 0.2) is 59.0 Å². The Balaban J connectivity index is 1.65. The summed E-state index contributed by atoms with van der Waals surface area (Å²) in [6.07, 6.45) is 0.363. The van der Waals surface area contributed by atoms with Gasteiger partial charge in [-0.3, -0.25) is 0 Å². The van der Waals surface area contributed by atoms with Crippen LogP contribution in [0.3, 0.4) is 0 Å². The minimum Gasteiger partial charge on any atom is -0.463 e. The third-order valence-corrected chi connectivity index (χ3v) is 6.40. The molecule has 0 saturated carbocycles. The highest BCUT2D eigenvalue weighted by Crippen LogP contribution is 2.51. The summed E-state index contributed by atoms with van der Waals surface area (Å²) in [6.45, 7) is 0. The van der Waals surface area contributed by atoms with Gasteiger partial charge in [0, 0.05) is 27.6 Å². The van der Waals surface area contributed by atoms with Gasteiger partial charge in [0.2, 0.25) is 6.23 Å². The average Bonchev–Trinajstić information content (AvgIpc) is 3.31. The fourth-order valence-corrected chi connectivity index (χ4v) is 5.06. The van der Waals surface area contributed by atoms with E-state index in [-0.39, 0.29) is 6.04 Å². The van der Waals surface area contributed by atoms with Crippen LogP contribution in [0.5, 0.6) is 5.75 Å². The topological polar surface area (TPSA) is 24.8 Å². The molecule has 2 aliphatic rings. The first-order valence-electron chi connectivity index (χ1n) is 8.41. The Kier molecular flexibility index (Phi) is 4.32. The lowest BCUT2D eigenvalue weighted by Crippen LogP contribution is -2.33. The maximum atomic E-state index is 6.47. The van der Waals surface area contributed by atoms with Crippen molar-refractivity contribution >= 4 is 51.9 Å². The molecule has 0 fully saturated rings. The normalized spacial score (nSPS) is 20.7. The van der Waals surface area contributed by atoms with Gasteiger partial charge in [0.05, 0.1) is 21.7 Å². The van der Waals surface area contributed by atoms with Crippen LogP contribution in [-0.4, -0.2) is 10.7 Å². The molecule has 2 atom stereocenters. The van der Waals surface area contributed by atoms with E-state index in [1.54, 1.807) is 17.4 Å². The first-order valence-corrected chi connectivity index (χ1v) is 10.4. The molecule has 136 valence electrons. The number of halogens is 3. The van der Waals surface area contributed by atoms with Crippen LogP contribution in [-0.2, 0) is 0 Å². The maximum absolute atomic E-state index is 6.47. The van der Waals surface area contributed by atoms with E-state index in [2.05, 4.69) is 11.4 Å². The lowest BCUT2D eigenvalue weighted by molar-refractivity contribution is -0.0189. The summed E-state index contributed by atoms with van der Waals surface area (Å²) in [7, 11) is 0. The van der Waals surface area contributed by atoms with E-state index in [9.17, 15) is 0 Å². The SMILES string of the molecule is Clc1cccc([C@@H]2Oc3c(Cl)cc(Cl)cc3[C@@H]3CC(c4cccs4)=NN32)c1. The summed E-state index contributed by atoms with van der Waals surface area (Å²) < 4.78 is 6.31. The number of thiophene rings is 1. The predicted octanol–water partition coefficient (Wildman–Crippen LogP) is 6.95. The first kappa shape index (κ1) is 17.4. The van der Waals surface area contributed by atoms with E-state index >= 15 is 0 Å². The molecule has 2 aliphatic heterocycles. The lowest BCUT2D eigenvalue weighted by Gasteiger charge is -2.38. The molecular weight excluding hydrogens is 423 g/mol. The summed E-state index contributed by atoms with van der Waals surface area (Å²) in [5, 5.41) is 10.7. The van der Waals surface area contributed by atoms with Crippen molar-refractivity contribution in [1.29, 1.82) is 0 Å². The van der Waals surface area contributed by atoms with Crippen LogP contribution in [0.25, 0.3) is 0 Å². The van der Waals surface area contributed by atoms with Gasteiger partial charge in [-0.1, -0.05) is 53.0 Å². The van der Waals surface area contributed by atoms with Crippen molar-refractivity contribution in [3.63, 3.8) is 0 Å². The summed E-state index contributed by atoms with van der Waals surface area (Å²) in [6, 6.07) is 15.4. The third kappa shape index (κ3) is 3.01. The molecule has 5 rings (SSSR count). The van der Waals surface area contributed by atoms with Gasteiger partial charge in [-0.25, -0.2) is 5.01 Å². The number of hydrazone groups is 1. The number of hydrogen-bond donors (Lipinski definition) is 0. The van der Waals surface area contributed by atoms with Crippen molar-refractivity contribution in [2.24, 2.45) is 5.10 Å². The van der Waals surface area contributed by atoms with E-state index in [0.29, 0.717) is 20.8 Å². The Labute approximate surface area is 175 Å². The Morgan fingerprint density at radius 1 is 1.04 bits per heavy atom. The summed E-state index contributed by atoms with van der Waals surface area (Å²) in [5.74, 6) is 0.662. The van der Waals surface area contributed by atoms with Crippen molar-refractivity contribution in [1.82, 2.24) is 5.01 Å². The van der Waals surface area contributed by atoms with E-state index in [1.807, 2.05) is 41.4 Å². The van der Waals surface area contributed by atoms with Crippen molar-refractivity contribution in [3.8, 4) is 5.75 Å². The minimum absolute atomic E-state index is 0.00558. The highest BCUT2D eigenvalue weighted by molar-refractivity contribution is 7.12. The van der Waals surface area contributed by atoms with Gasteiger partial charge in [-0.05, 0) is 35.7 Å². The Morgan fingerprint density at radius 3 is 2.70 bits per heavy atom. The second-order valence-electron chi connectivity index (χ2n) is 6.46. The molecule has 0 amide bonds. The van der Waals surface area contributed by atoms with Crippen LogP contribution < -0.4 is 4.74 Å². The van der Waals surface area contributed by atoms with Crippen molar-refractivity contribution < 1.29 is 4.74 Å². The summed E-state index contributed by atoms with van der Waals surface area (Å²) in [4.78, 5) is 1.16. The predicted molar refractivity (Wildman–Crippen MR) is 111 cm³/mol. The smallest absolute Gasteiger partial charge is 0.214 e. The molecule has 0 radical (unpaired) electrons. The number of hydrogen-bond acceptors (Lipinski definition) is 4. The molecule has 1 aromatic heterocycles. The zero-order valence-electron chi connectivity index (χ0n) is 13.9. The van der Waals surface area contributed by atoms with Crippen molar-refractivity contribution in [2.45, 2.75) is 18.7 Å². The number of nitrogens with zero attached hydrogens (tertiary/aromatic N) is 2. The molecule has 0 unspecified atom stereocenters. The maximum Gasteiger partial charge on any atom is 0.214 e. The van der Waals surface area contributed by atoms with Gasteiger partial charge in [0.15, 0.2) is 0 Å². The molecule has 0 spiro atoms. The van der Waals surface area contributed by atoms with Crippen molar-refractivity contribution in [3.05, 3.63) is 85.0 Å². The van der Waals surface area contributed by atoms with Crippen LogP contribution in [0.1, 0.15) is 34.7 Å². The summed E-state index contributed by atoms with van der Waals surface area (Å²) in [5.41, 5.74) is 2.93. The van der Waals surface area contributed by atoms with Crippen molar-refractivity contribution in [2.75, 3.05) is 0 Å². The molecule has 3 aromatic rings. The fourth-order valence-electron chi connectivity index (χ4n) is 3.59. The van der Waals surface area contributed by atoms with Crippen LogP contribution in [0.4, 0.5) is 0 Å². The van der Waals surface area contributed by atoms with Gasteiger partial charge in [-0.15, -0.1) is 11.3 Å². The van der Waals surface area contributed by atoms with Crippen LogP contribution in [0, 0.1) is 0 Å². The third-order valence-electron chi connectivity index (χ3n) is 4.75. The molecule has 3 nitrogen and oxygen atoms in total. The quantitative estimate of drug-likeness (QED) is 0.435. The highest BCUT2D eigenvalue weighted by Gasteiger charge is 2.42. The number of rotatable bonds is 2. The van der Waals surface area contributed by atoms with Gasteiger partial charge >= 0.3 is 0 Å². The largest absolute Gasteiger partial charge is 0.463 e. The molecule has 7 heteroatoms. The molecule has 3 heterocycles. The Bertz CT molecular complexity index is 1050. The zero-order chi connectivity index (χ0) is 18.5. The van der Waals surface area contributed by atoms with Gasteiger partial charge in [-0.2, -0.15) is 5.10 Å². The minimum atomic E-state index is -0.405. The molecule has 27 heavy (non-hydrogen) atoms. The standard InChI is InChI=1S/C20H13Cl3N2OS/c21-12-4-1-3-11(7-12)20-25-17(10-16(24-25)18-5-2-6-27-18)14-8-13(22)9-15(23)19(14)26-20/h1-9,17,20H,10H2/t17-,20-/m0/s1. The second kappa shape index (κ2) is 6.71. The second-order valence-corrected chi connectivity index (χ2v) is 8.68. The zero-order valence-corrected chi connectivity index (χ0v) is 17.0. The van der Waals surface area contributed by atoms with Gasteiger partial charge in [0.1, 0.15) is 5.75 Å². The molecular formula is C20H13Cl3N2OS. The van der Waals surface area contributed by atoms with E-state index in [0.717, 1.165) is 28.1 Å².